The Balaban J connectivity index is 0.000000353. The van der Waals surface area contributed by atoms with Crippen LogP contribution in [-0.4, -0.2) is 18.3 Å². The Morgan fingerprint density at radius 1 is 0.655 bits per heavy atom. The Hall–Kier alpha value is -0.432. The van der Waals surface area contributed by atoms with Gasteiger partial charge in [-0.1, -0.05) is 54.6 Å². The van der Waals surface area contributed by atoms with Crippen molar-refractivity contribution in [3.05, 3.63) is 91.0 Å². The molecule has 0 aliphatic rings. The van der Waals surface area contributed by atoms with Crippen LogP contribution in [0.3, 0.4) is 0 Å². The van der Waals surface area contributed by atoms with E-state index in [1.54, 1.807) is 0 Å². The van der Waals surface area contributed by atoms with Crippen LogP contribution in [0.15, 0.2) is 91.0 Å². The molecule has 0 aliphatic heterocycles. The monoisotopic (exact) mass is 652 g/mol. The summed E-state index contributed by atoms with van der Waals surface area (Å²) in [7, 11) is 14.0. The second-order valence-corrected chi connectivity index (χ2v) is 18.2. The van der Waals surface area contributed by atoms with Crippen LogP contribution in [0.4, 0.5) is 0 Å². The molecule has 0 bridgehead atoms. The molecular formula is C22H27Cl3NOPPt. The van der Waals surface area contributed by atoms with E-state index in [1.165, 1.54) is 15.9 Å². The topological polar surface area (TPSA) is 46.2 Å². The summed E-state index contributed by atoms with van der Waals surface area (Å²) in [6.45, 7) is 0.970. The fraction of sp³-hybridized carbons (Fsp3) is 0.182. The predicted octanol–water partition coefficient (Wildman–Crippen LogP) is 4.96. The molecule has 0 spiro atoms. The van der Waals surface area contributed by atoms with Crippen molar-refractivity contribution >= 4 is 52.1 Å². The molecule has 3 rings (SSSR count). The first-order valence-electron chi connectivity index (χ1n) is 9.07. The Morgan fingerprint density at radius 2 is 0.966 bits per heavy atom. The van der Waals surface area contributed by atoms with Gasteiger partial charge >= 0.3 is 42.4 Å². The SMILES string of the molecule is NCCCCO.[Cl][Pt-]([Cl])[Cl].c1ccc([PH+](c2ccccc2)c2ccccc2)cc1. The first-order chi connectivity index (χ1) is 14.1. The van der Waals surface area contributed by atoms with Gasteiger partial charge in [0.15, 0.2) is 0 Å². The van der Waals surface area contributed by atoms with Crippen LogP contribution in [0.2, 0.25) is 0 Å². The molecule has 0 heterocycles. The minimum atomic E-state index is -1.85. The Labute approximate surface area is 193 Å². The Kier molecular flexibility index (Phi) is 15.8. The molecule has 0 saturated heterocycles. The van der Waals surface area contributed by atoms with Gasteiger partial charge in [0, 0.05) is 6.61 Å². The van der Waals surface area contributed by atoms with Gasteiger partial charge in [-0.25, -0.2) is 0 Å². The van der Waals surface area contributed by atoms with Crippen molar-refractivity contribution in [1.82, 2.24) is 0 Å². The maximum absolute atomic E-state index is 8.14. The van der Waals surface area contributed by atoms with E-state index in [2.05, 4.69) is 91.0 Å². The number of rotatable bonds is 6. The average Bonchev–Trinajstić information content (AvgIpc) is 2.75. The van der Waals surface area contributed by atoms with Crippen molar-refractivity contribution in [2.45, 2.75) is 12.8 Å². The van der Waals surface area contributed by atoms with Gasteiger partial charge in [-0.15, -0.1) is 0 Å². The summed E-state index contributed by atoms with van der Waals surface area (Å²) in [5.74, 6) is 0. The van der Waals surface area contributed by atoms with Crippen LogP contribution in [0.25, 0.3) is 0 Å². The normalized spacial score (nSPS) is 10.3. The third kappa shape index (κ3) is 12.1. The zero-order chi connectivity index (χ0) is 21.3. The summed E-state index contributed by atoms with van der Waals surface area (Å²) in [4.78, 5) is 0. The van der Waals surface area contributed by atoms with E-state index in [1.807, 2.05) is 0 Å². The number of aliphatic hydroxyl groups excluding tert-OH is 1. The van der Waals surface area contributed by atoms with Crippen LogP contribution < -0.4 is 21.6 Å². The third-order valence-corrected chi connectivity index (χ3v) is 6.53. The molecule has 0 saturated carbocycles. The van der Waals surface area contributed by atoms with E-state index in [4.69, 9.17) is 39.1 Å². The molecule has 162 valence electrons. The Morgan fingerprint density at radius 3 is 1.17 bits per heavy atom. The molecule has 0 amide bonds. The number of hydrogen-bond acceptors (Lipinski definition) is 2. The summed E-state index contributed by atoms with van der Waals surface area (Å²) in [5.41, 5.74) is 5.10. The molecule has 0 fully saturated rings. The summed E-state index contributed by atoms with van der Waals surface area (Å²) < 4.78 is 0. The van der Waals surface area contributed by atoms with Crippen LogP contribution in [0.5, 0.6) is 0 Å². The van der Waals surface area contributed by atoms with Gasteiger partial charge in [-0.2, -0.15) is 0 Å². The number of hydrogen-bond donors (Lipinski definition) is 2. The third-order valence-electron chi connectivity index (χ3n) is 3.80. The van der Waals surface area contributed by atoms with Gasteiger partial charge in [0.25, 0.3) is 0 Å². The van der Waals surface area contributed by atoms with Crippen molar-refractivity contribution in [3.8, 4) is 0 Å². The second kappa shape index (κ2) is 17.3. The van der Waals surface area contributed by atoms with Crippen molar-refractivity contribution < 1.29 is 19.3 Å². The average molecular weight is 654 g/mol. The van der Waals surface area contributed by atoms with Gasteiger partial charge in [0.2, 0.25) is 0 Å². The molecular weight excluding hydrogens is 627 g/mol. The largest absolute Gasteiger partial charge is 0.102 e. The van der Waals surface area contributed by atoms with Crippen molar-refractivity contribution in [3.63, 3.8) is 0 Å². The molecule has 0 aromatic heterocycles. The fourth-order valence-corrected chi connectivity index (χ4v) is 5.15. The van der Waals surface area contributed by atoms with E-state index in [9.17, 15) is 0 Å². The molecule has 3 N–H and O–H groups in total. The molecule has 0 radical (unpaired) electrons. The second-order valence-electron chi connectivity index (χ2n) is 5.83. The first-order valence-corrected chi connectivity index (χ1v) is 19.0. The zero-order valence-corrected chi connectivity index (χ0v) is 21.5. The van der Waals surface area contributed by atoms with Crippen molar-refractivity contribution in [2.24, 2.45) is 5.73 Å². The van der Waals surface area contributed by atoms with E-state index in [-0.39, 0.29) is 6.61 Å². The predicted molar refractivity (Wildman–Crippen MR) is 129 cm³/mol. The fourth-order valence-electron chi connectivity index (χ4n) is 2.57. The van der Waals surface area contributed by atoms with Gasteiger partial charge in [0.1, 0.15) is 15.9 Å². The molecule has 3 aromatic carbocycles. The quantitative estimate of drug-likeness (QED) is 0.292. The standard InChI is InChI=1S/C18H15P.C4H11NO.3ClH.Pt/c1-4-10-16(11-5-1)19(17-12-6-2-7-13-17)18-14-8-3-9-15-18;5-3-1-2-4-6;;;;/h1-15H;6H,1-5H2;3*1H;/q;;;;;+2/p-2. The summed E-state index contributed by atoms with van der Waals surface area (Å²) >= 11 is -1.85. The summed E-state index contributed by atoms with van der Waals surface area (Å²) in [5, 5.41) is 12.4. The van der Waals surface area contributed by atoms with Crippen molar-refractivity contribution in [1.29, 1.82) is 0 Å². The van der Waals surface area contributed by atoms with Gasteiger partial charge < -0.3 is 10.8 Å². The van der Waals surface area contributed by atoms with Crippen molar-refractivity contribution in [2.75, 3.05) is 13.2 Å². The van der Waals surface area contributed by atoms with E-state index in [0.717, 1.165) is 12.8 Å². The Bertz CT molecular complexity index is 651. The van der Waals surface area contributed by atoms with E-state index >= 15 is 0 Å². The maximum Gasteiger partial charge on any atom is 0.102 e. The van der Waals surface area contributed by atoms with Crippen LogP contribution in [-0.2, 0) is 14.2 Å². The molecule has 3 aromatic rings. The van der Waals surface area contributed by atoms with Crippen LogP contribution >= 0.6 is 36.2 Å². The minimum Gasteiger partial charge on any atom is -0.0620 e. The first kappa shape index (κ1) is 26.6. The molecule has 0 aliphatic carbocycles. The van der Waals surface area contributed by atoms with Crippen LogP contribution in [0, 0.1) is 0 Å². The zero-order valence-electron chi connectivity index (χ0n) is 16.0. The number of benzene rings is 3. The van der Waals surface area contributed by atoms with Gasteiger partial charge in [0.05, 0.1) is 7.92 Å². The van der Waals surface area contributed by atoms with Gasteiger partial charge in [-0.05, 0) is 55.8 Å². The molecule has 2 nitrogen and oxygen atoms in total. The van der Waals surface area contributed by atoms with E-state index in [0.29, 0.717) is 6.54 Å². The number of nitrogens with two attached hydrogens (primary N) is 1. The van der Waals surface area contributed by atoms with Gasteiger partial charge in [-0.3, -0.25) is 0 Å². The van der Waals surface area contributed by atoms with Crippen LogP contribution in [0.1, 0.15) is 12.8 Å². The molecule has 0 unspecified atom stereocenters. The summed E-state index contributed by atoms with van der Waals surface area (Å²) in [6, 6.07) is 32.5. The summed E-state index contributed by atoms with van der Waals surface area (Å²) in [6.07, 6.45) is 1.78. The van der Waals surface area contributed by atoms with E-state index < -0.39 is 22.1 Å². The number of halogens is 3. The minimum absolute atomic E-state index is 0.275. The molecule has 7 heteroatoms. The smallest absolute Gasteiger partial charge is 0.0620 e. The number of aliphatic hydroxyl groups is 1. The molecule has 0 atom stereocenters. The number of unbranched alkanes of at least 4 members (excludes halogenated alkanes) is 1. The molecule has 29 heavy (non-hydrogen) atoms. The maximum atomic E-state index is 8.14.